The summed E-state index contributed by atoms with van der Waals surface area (Å²) in [6.45, 7) is 11.7. The number of nitrogens with one attached hydrogen (secondary N) is 2. The maximum absolute atomic E-state index is 12.1. The van der Waals surface area contributed by atoms with Gasteiger partial charge in [-0.25, -0.2) is 4.79 Å². The molecule has 0 saturated heterocycles. The van der Waals surface area contributed by atoms with E-state index >= 15 is 0 Å². The number of ether oxygens (including phenoxy) is 1. The largest absolute Gasteiger partial charge is 0.444 e. The number of aryl methyl sites for hydroxylation is 1. The quantitative estimate of drug-likeness (QED) is 0.861. The van der Waals surface area contributed by atoms with E-state index in [1.165, 1.54) is 0 Å². The number of anilines is 2. The second-order valence-corrected chi connectivity index (χ2v) is 6.96. The molecule has 0 atom stereocenters. The Balaban J connectivity index is 2.45. The lowest BCUT2D eigenvalue weighted by Gasteiger charge is -2.22. The molecular formula is C18H25N3O2. The molecule has 0 aliphatic carbocycles. The van der Waals surface area contributed by atoms with E-state index in [1.807, 2.05) is 39.8 Å². The third kappa shape index (κ3) is 4.34. The lowest BCUT2D eigenvalue weighted by Crippen LogP contribution is -2.27. The Kier molecular flexibility index (Phi) is 4.78. The monoisotopic (exact) mass is 315 g/mol. The molecule has 2 rings (SSSR count). The van der Waals surface area contributed by atoms with E-state index in [-0.39, 0.29) is 0 Å². The number of pyridine rings is 1. The number of aromatic nitrogens is 1. The number of hydrogen-bond donors (Lipinski definition) is 2. The fraction of sp³-hybridized carbons (Fsp3) is 0.444. The van der Waals surface area contributed by atoms with Gasteiger partial charge in [-0.05, 0) is 59.2 Å². The van der Waals surface area contributed by atoms with Gasteiger partial charge in [0.2, 0.25) is 0 Å². The van der Waals surface area contributed by atoms with Crippen LogP contribution in [0.3, 0.4) is 0 Å². The first kappa shape index (κ1) is 17.1. The highest BCUT2D eigenvalue weighted by atomic mass is 16.6. The third-order valence-corrected chi connectivity index (χ3v) is 3.21. The molecular weight excluding hydrogens is 290 g/mol. The van der Waals surface area contributed by atoms with Crippen LogP contribution < -0.4 is 10.6 Å². The SMILES string of the molecule is Cc1cc(NC(C)C)c2cnccc2c1NC(=O)OC(C)(C)C. The Morgan fingerprint density at radius 3 is 2.57 bits per heavy atom. The highest BCUT2D eigenvalue weighted by molar-refractivity contribution is 6.06. The smallest absolute Gasteiger partial charge is 0.412 e. The van der Waals surface area contributed by atoms with Crippen LogP contribution in [0.15, 0.2) is 24.5 Å². The van der Waals surface area contributed by atoms with E-state index in [1.54, 1.807) is 12.4 Å². The van der Waals surface area contributed by atoms with Crippen molar-refractivity contribution in [1.29, 1.82) is 0 Å². The molecule has 2 aromatic rings. The lowest BCUT2D eigenvalue weighted by atomic mass is 10.0. The first-order valence-corrected chi connectivity index (χ1v) is 7.81. The molecule has 1 aromatic heterocycles. The number of rotatable bonds is 3. The molecule has 0 radical (unpaired) electrons. The summed E-state index contributed by atoms with van der Waals surface area (Å²) >= 11 is 0. The van der Waals surface area contributed by atoms with Gasteiger partial charge in [-0.2, -0.15) is 0 Å². The van der Waals surface area contributed by atoms with Crippen LogP contribution in [0, 0.1) is 6.92 Å². The molecule has 0 unspecified atom stereocenters. The minimum atomic E-state index is -0.533. The molecule has 0 bridgehead atoms. The van der Waals surface area contributed by atoms with E-state index in [4.69, 9.17) is 4.74 Å². The van der Waals surface area contributed by atoms with E-state index in [2.05, 4.69) is 29.5 Å². The summed E-state index contributed by atoms with van der Waals surface area (Å²) in [4.78, 5) is 16.3. The summed E-state index contributed by atoms with van der Waals surface area (Å²) in [6, 6.07) is 4.24. The van der Waals surface area contributed by atoms with Crippen molar-refractivity contribution in [2.45, 2.75) is 53.2 Å². The Hall–Kier alpha value is -2.30. The van der Waals surface area contributed by atoms with Crippen LogP contribution in [0.25, 0.3) is 10.8 Å². The van der Waals surface area contributed by atoms with Crippen molar-refractivity contribution in [2.75, 3.05) is 10.6 Å². The van der Waals surface area contributed by atoms with Gasteiger partial charge >= 0.3 is 6.09 Å². The van der Waals surface area contributed by atoms with Gasteiger partial charge in [0.1, 0.15) is 5.60 Å². The molecule has 0 aliphatic heterocycles. The molecule has 0 spiro atoms. The highest BCUT2D eigenvalue weighted by Crippen LogP contribution is 2.33. The number of benzene rings is 1. The van der Waals surface area contributed by atoms with Crippen LogP contribution in [0.4, 0.5) is 16.2 Å². The summed E-state index contributed by atoms with van der Waals surface area (Å²) in [5, 5.41) is 8.21. The van der Waals surface area contributed by atoms with Gasteiger partial charge in [-0.15, -0.1) is 0 Å². The van der Waals surface area contributed by atoms with Crippen molar-refractivity contribution in [1.82, 2.24) is 4.98 Å². The van der Waals surface area contributed by atoms with Gasteiger partial charge < -0.3 is 10.1 Å². The standard InChI is InChI=1S/C18H25N3O2/c1-11(2)20-15-9-12(3)16(13-7-8-19-10-14(13)15)21-17(22)23-18(4,5)6/h7-11,20H,1-6H3,(H,21,22). The fourth-order valence-electron chi connectivity index (χ4n) is 2.41. The Labute approximate surface area is 137 Å². The Morgan fingerprint density at radius 1 is 1.26 bits per heavy atom. The van der Waals surface area contributed by atoms with E-state index in [0.717, 1.165) is 27.7 Å². The number of nitrogens with zero attached hydrogens (tertiary/aromatic N) is 1. The van der Waals surface area contributed by atoms with Crippen molar-refractivity contribution < 1.29 is 9.53 Å². The van der Waals surface area contributed by atoms with Crippen LogP contribution in [0.2, 0.25) is 0 Å². The van der Waals surface area contributed by atoms with E-state index in [9.17, 15) is 4.79 Å². The van der Waals surface area contributed by atoms with Crippen molar-refractivity contribution in [3.05, 3.63) is 30.1 Å². The van der Waals surface area contributed by atoms with Crippen molar-refractivity contribution in [2.24, 2.45) is 0 Å². The molecule has 1 heterocycles. The topological polar surface area (TPSA) is 63.2 Å². The number of fused-ring (bicyclic) bond motifs is 1. The predicted molar refractivity (Wildman–Crippen MR) is 95.1 cm³/mol. The van der Waals surface area contributed by atoms with Crippen LogP contribution in [-0.2, 0) is 4.74 Å². The second-order valence-electron chi connectivity index (χ2n) is 6.96. The molecule has 1 aromatic carbocycles. The molecule has 0 fully saturated rings. The predicted octanol–water partition coefficient (Wildman–Crippen LogP) is 4.71. The number of carbonyl (C=O) groups is 1. The van der Waals surface area contributed by atoms with E-state index < -0.39 is 11.7 Å². The summed E-state index contributed by atoms with van der Waals surface area (Å²) in [7, 11) is 0. The van der Waals surface area contributed by atoms with Gasteiger partial charge in [0.15, 0.2) is 0 Å². The van der Waals surface area contributed by atoms with E-state index in [0.29, 0.717) is 6.04 Å². The lowest BCUT2D eigenvalue weighted by molar-refractivity contribution is 0.0636. The average Bonchev–Trinajstić information content (AvgIpc) is 2.40. The molecule has 124 valence electrons. The maximum Gasteiger partial charge on any atom is 0.412 e. The normalized spacial score (nSPS) is 11.6. The number of carbonyl (C=O) groups excluding carboxylic acids is 1. The summed E-state index contributed by atoms with van der Waals surface area (Å²) in [6.07, 6.45) is 3.07. The van der Waals surface area contributed by atoms with Gasteiger partial charge in [0.25, 0.3) is 0 Å². The molecule has 23 heavy (non-hydrogen) atoms. The number of amides is 1. The highest BCUT2D eigenvalue weighted by Gasteiger charge is 2.18. The zero-order valence-corrected chi connectivity index (χ0v) is 14.7. The Morgan fingerprint density at radius 2 is 1.96 bits per heavy atom. The molecule has 0 aliphatic rings. The molecule has 5 nitrogen and oxygen atoms in total. The van der Waals surface area contributed by atoms with Crippen molar-refractivity contribution in [3.63, 3.8) is 0 Å². The molecule has 5 heteroatoms. The van der Waals surface area contributed by atoms with Gasteiger partial charge in [0.05, 0.1) is 5.69 Å². The fourth-order valence-corrected chi connectivity index (χ4v) is 2.41. The second kappa shape index (κ2) is 6.44. The minimum Gasteiger partial charge on any atom is -0.444 e. The third-order valence-electron chi connectivity index (χ3n) is 3.21. The average molecular weight is 315 g/mol. The van der Waals surface area contributed by atoms with Gasteiger partial charge in [0, 0.05) is 34.9 Å². The summed E-state index contributed by atoms with van der Waals surface area (Å²) in [5.41, 5.74) is 2.20. The van der Waals surface area contributed by atoms with Crippen molar-refractivity contribution >= 4 is 28.2 Å². The summed E-state index contributed by atoms with van der Waals surface area (Å²) in [5.74, 6) is 0. The Bertz CT molecular complexity index is 718. The number of hydrogen-bond acceptors (Lipinski definition) is 4. The maximum atomic E-state index is 12.1. The molecule has 1 amide bonds. The van der Waals surface area contributed by atoms with Crippen LogP contribution in [-0.4, -0.2) is 22.7 Å². The van der Waals surface area contributed by atoms with Crippen LogP contribution >= 0.6 is 0 Å². The first-order chi connectivity index (χ1) is 10.7. The zero-order valence-electron chi connectivity index (χ0n) is 14.7. The molecule has 2 N–H and O–H groups in total. The van der Waals surface area contributed by atoms with Crippen LogP contribution in [0.1, 0.15) is 40.2 Å². The zero-order chi connectivity index (χ0) is 17.2. The van der Waals surface area contributed by atoms with Crippen molar-refractivity contribution in [3.8, 4) is 0 Å². The molecule has 0 saturated carbocycles. The van der Waals surface area contributed by atoms with Crippen LogP contribution in [0.5, 0.6) is 0 Å². The van der Waals surface area contributed by atoms with Gasteiger partial charge in [-0.1, -0.05) is 0 Å². The van der Waals surface area contributed by atoms with Gasteiger partial charge in [-0.3, -0.25) is 10.3 Å². The summed E-state index contributed by atoms with van der Waals surface area (Å²) < 4.78 is 5.36. The first-order valence-electron chi connectivity index (χ1n) is 7.81. The minimum absolute atomic E-state index is 0.308.